The molecule has 1 aromatic rings. The average Bonchev–Trinajstić information content (AvgIpc) is 2.26. The van der Waals surface area contributed by atoms with Gasteiger partial charge in [0.15, 0.2) is 0 Å². The van der Waals surface area contributed by atoms with Crippen molar-refractivity contribution in [2.45, 2.75) is 25.7 Å². The Labute approximate surface area is 118 Å². The van der Waals surface area contributed by atoms with Crippen LogP contribution < -0.4 is 0 Å². The van der Waals surface area contributed by atoms with E-state index < -0.39 is 27.4 Å². The average molecular weight is 303 g/mol. The van der Waals surface area contributed by atoms with Gasteiger partial charge < -0.3 is 5.11 Å². The third kappa shape index (κ3) is 3.77. The van der Waals surface area contributed by atoms with E-state index in [9.17, 15) is 17.6 Å². The Bertz CT molecular complexity index is 620. The van der Waals surface area contributed by atoms with E-state index in [4.69, 9.17) is 5.11 Å². The minimum Gasteiger partial charge on any atom is -0.478 e. The van der Waals surface area contributed by atoms with Crippen LogP contribution in [-0.2, 0) is 10.0 Å². The molecule has 0 aromatic heterocycles. The number of rotatable bonds is 4. The first-order valence-corrected chi connectivity index (χ1v) is 7.38. The van der Waals surface area contributed by atoms with Gasteiger partial charge in [-0.25, -0.2) is 21.9 Å². The molecule has 0 spiro atoms. The molecular weight excluding hydrogens is 285 g/mol. The molecule has 112 valence electrons. The molecule has 0 unspecified atom stereocenters. The Morgan fingerprint density at radius 2 is 1.90 bits per heavy atom. The molecule has 0 aliphatic heterocycles. The molecule has 0 aliphatic rings. The fraction of sp³-hybridized carbons (Fsp3) is 0.462. The molecule has 7 heteroatoms. The second-order valence-corrected chi connectivity index (χ2v) is 7.81. The Balaban J connectivity index is 3.23. The van der Waals surface area contributed by atoms with E-state index >= 15 is 0 Å². The number of carboxylic acids is 1. The molecule has 20 heavy (non-hydrogen) atoms. The first-order valence-electron chi connectivity index (χ1n) is 5.94. The van der Waals surface area contributed by atoms with Crippen molar-refractivity contribution in [1.29, 1.82) is 0 Å². The van der Waals surface area contributed by atoms with E-state index in [-0.39, 0.29) is 16.9 Å². The summed E-state index contributed by atoms with van der Waals surface area (Å²) in [6.45, 7) is 5.90. The summed E-state index contributed by atoms with van der Waals surface area (Å²) in [5, 5.41) is 8.83. The summed E-state index contributed by atoms with van der Waals surface area (Å²) in [6.07, 6.45) is 0. The number of aromatic carboxylic acids is 1. The van der Waals surface area contributed by atoms with Crippen LogP contribution in [0.2, 0.25) is 0 Å². The van der Waals surface area contributed by atoms with Gasteiger partial charge in [0.25, 0.3) is 0 Å². The topological polar surface area (TPSA) is 74.7 Å². The predicted octanol–water partition coefficient (Wildman–Crippen LogP) is 2.19. The third-order valence-electron chi connectivity index (χ3n) is 2.57. The Morgan fingerprint density at radius 3 is 2.35 bits per heavy atom. The van der Waals surface area contributed by atoms with Crippen LogP contribution in [0.4, 0.5) is 4.39 Å². The van der Waals surface area contributed by atoms with Crippen LogP contribution in [0.3, 0.4) is 0 Å². The second-order valence-electron chi connectivity index (χ2n) is 5.77. The number of carboxylic acid groups (broad SMARTS) is 1. The molecule has 0 amide bonds. The normalized spacial score (nSPS) is 12.7. The van der Waals surface area contributed by atoms with Crippen molar-refractivity contribution in [2.75, 3.05) is 13.6 Å². The molecule has 0 heterocycles. The zero-order valence-electron chi connectivity index (χ0n) is 11.8. The molecule has 0 aliphatic carbocycles. The second kappa shape index (κ2) is 5.49. The number of hydrogen-bond donors (Lipinski definition) is 1. The lowest BCUT2D eigenvalue weighted by Gasteiger charge is -2.26. The van der Waals surface area contributed by atoms with Crippen LogP contribution in [0.5, 0.6) is 0 Å². The maximum absolute atomic E-state index is 13.3. The molecule has 0 saturated carbocycles. The van der Waals surface area contributed by atoms with Gasteiger partial charge in [-0.15, -0.1) is 0 Å². The van der Waals surface area contributed by atoms with E-state index in [1.54, 1.807) is 0 Å². The molecule has 1 rings (SSSR count). The predicted molar refractivity (Wildman–Crippen MR) is 72.6 cm³/mol. The van der Waals surface area contributed by atoms with E-state index in [1.165, 1.54) is 7.05 Å². The van der Waals surface area contributed by atoms with Crippen LogP contribution >= 0.6 is 0 Å². The Hall–Kier alpha value is -1.47. The number of halogens is 1. The van der Waals surface area contributed by atoms with Gasteiger partial charge in [0.05, 0.1) is 10.5 Å². The van der Waals surface area contributed by atoms with Crippen molar-refractivity contribution >= 4 is 16.0 Å². The van der Waals surface area contributed by atoms with Crippen LogP contribution in [0, 0.1) is 11.2 Å². The summed E-state index contributed by atoms with van der Waals surface area (Å²) in [5.74, 6) is -2.46. The smallest absolute Gasteiger partial charge is 0.338 e. The minimum absolute atomic E-state index is 0.233. The van der Waals surface area contributed by atoms with Gasteiger partial charge in [0, 0.05) is 13.6 Å². The van der Waals surface area contributed by atoms with Crippen LogP contribution in [0.15, 0.2) is 23.1 Å². The lowest BCUT2D eigenvalue weighted by Crippen LogP contribution is -2.34. The van der Waals surface area contributed by atoms with E-state index in [0.29, 0.717) is 0 Å². The number of sulfonamides is 1. The molecule has 0 fully saturated rings. The zero-order chi connectivity index (χ0) is 15.7. The van der Waals surface area contributed by atoms with Crippen molar-refractivity contribution in [2.24, 2.45) is 5.41 Å². The standard InChI is InChI=1S/C13H18FNO4S/c1-13(2,3)8-15(4)20(18,19)9-5-6-11(14)10(7-9)12(16)17/h5-7H,8H2,1-4H3,(H,16,17). The molecule has 0 saturated heterocycles. The summed E-state index contributed by atoms with van der Waals surface area (Å²) < 4.78 is 39.0. The molecule has 5 nitrogen and oxygen atoms in total. The number of benzene rings is 1. The highest BCUT2D eigenvalue weighted by molar-refractivity contribution is 7.89. The third-order valence-corrected chi connectivity index (χ3v) is 4.37. The van der Waals surface area contributed by atoms with Crippen LogP contribution in [0.25, 0.3) is 0 Å². The summed E-state index contributed by atoms with van der Waals surface area (Å²) in [4.78, 5) is 10.6. The number of nitrogens with zero attached hydrogens (tertiary/aromatic N) is 1. The minimum atomic E-state index is -3.84. The SMILES string of the molecule is CN(CC(C)(C)C)S(=O)(=O)c1ccc(F)c(C(=O)O)c1. The van der Waals surface area contributed by atoms with Gasteiger partial charge >= 0.3 is 5.97 Å². The molecule has 1 aromatic carbocycles. The van der Waals surface area contributed by atoms with Crippen molar-refractivity contribution in [3.63, 3.8) is 0 Å². The number of carbonyl (C=O) groups is 1. The maximum Gasteiger partial charge on any atom is 0.338 e. The lowest BCUT2D eigenvalue weighted by molar-refractivity contribution is 0.0691. The van der Waals surface area contributed by atoms with Gasteiger partial charge in [0.2, 0.25) is 10.0 Å². The van der Waals surface area contributed by atoms with E-state index in [0.717, 1.165) is 22.5 Å². The van der Waals surface area contributed by atoms with Crippen LogP contribution in [-0.4, -0.2) is 37.4 Å². The van der Waals surface area contributed by atoms with Gasteiger partial charge in [-0.05, 0) is 23.6 Å². The quantitative estimate of drug-likeness (QED) is 0.925. The molecular formula is C13H18FNO4S. The zero-order valence-corrected chi connectivity index (χ0v) is 12.7. The molecule has 1 N–H and O–H groups in total. The number of hydrogen-bond acceptors (Lipinski definition) is 3. The molecule has 0 atom stereocenters. The van der Waals surface area contributed by atoms with Gasteiger partial charge in [0.1, 0.15) is 5.82 Å². The monoisotopic (exact) mass is 303 g/mol. The summed E-state index contributed by atoms with van der Waals surface area (Å²) in [5.41, 5.74) is -0.910. The van der Waals surface area contributed by atoms with Gasteiger partial charge in [-0.1, -0.05) is 20.8 Å². The largest absolute Gasteiger partial charge is 0.478 e. The first-order chi connectivity index (χ1) is 8.95. The van der Waals surface area contributed by atoms with Crippen molar-refractivity contribution < 1.29 is 22.7 Å². The maximum atomic E-state index is 13.3. The van der Waals surface area contributed by atoms with Gasteiger partial charge in [-0.3, -0.25) is 0 Å². The molecule has 0 radical (unpaired) electrons. The summed E-state index contributed by atoms with van der Waals surface area (Å²) in [6, 6.07) is 2.75. The fourth-order valence-electron chi connectivity index (χ4n) is 1.76. The lowest BCUT2D eigenvalue weighted by atomic mass is 9.97. The van der Waals surface area contributed by atoms with E-state index in [2.05, 4.69) is 0 Å². The van der Waals surface area contributed by atoms with E-state index in [1.807, 2.05) is 20.8 Å². The van der Waals surface area contributed by atoms with Crippen molar-refractivity contribution in [1.82, 2.24) is 4.31 Å². The summed E-state index contributed by atoms with van der Waals surface area (Å²) >= 11 is 0. The van der Waals surface area contributed by atoms with Crippen molar-refractivity contribution in [3.8, 4) is 0 Å². The van der Waals surface area contributed by atoms with Crippen LogP contribution in [0.1, 0.15) is 31.1 Å². The highest BCUT2D eigenvalue weighted by atomic mass is 32.2. The highest BCUT2D eigenvalue weighted by Crippen LogP contribution is 2.22. The fourth-order valence-corrected chi connectivity index (χ4v) is 3.19. The Morgan fingerprint density at radius 1 is 1.35 bits per heavy atom. The van der Waals surface area contributed by atoms with Crippen molar-refractivity contribution in [3.05, 3.63) is 29.6 Å². The van der Waals surface area contributed by atoms with Gasteiger partial charge in [-0.2, -0.15) is 0 Å². The Kier molecular flexibility index (Phi) is 4.55. The summed E-state index contributed by atoms with van der Waals surface area (Å²) in [7, 11) is -2.43. The molecule has 0 bridgehead atoms. The highest BCUT2D eigenvalue weighted by Gasteiger charge is 2.26. The first kappa shape index (κ1) is 16.6.